The van der Waals surface area contributed by atoms with E-state index in [1.165, 1.54) is 20.8 Å². The molecule has 0 atom stereocenters. The van der Waals surface area contributed by atoms with Crippen LogP contribution >= 0.6 is 11.3 Å². The van der Waals surface area contributed by atoms with Crippen molar-refractivity contribution < 1.29 is 9.30 Å². The summed E-state index contributed by atoms with van der Waals surface area (Å²) in [4.78, 5) is 0. The van der Waals surface area contributed by atoms with Gasteiger partial charge in [0.2, 0.25) is 5.52 Å². The first-order chi connectivity index (χ1) is 10.3. The molecule has 0 radical (unpaired) electrons. The molecule has 0 saturated heterocycles. The molecule has 106 valence electrons. The van der Waals surface area contributed by atoms with Crippen LogP contribution in [0.5, 0.6) is 0 Å². The molecule has 0 aliphatic rings. The smallest absolute Gasteiger partial charge is 0.265 e. The van der Waals surface area contributed by atoms with Crippen LogP contribution in [0.15, 0.2) is 60.4 Å². The summed E-state index contributed by atoms with van der Waals surface area (Å²) in [6.45, 7) is 0. The minimum absolute atomic E-state index is 0.811. The number of fused-ring (bicyclic) bond motifs is 1. The van der Waals surface area contributed by atoms with Gasteiger partial charge in [-0.2, -0.15) is 4.57 Å². The number of aromatic nitrogens is 1. The van der Waals surface area contributed by atoms with Crippen molar-refractivity contribution in [3.8, 4) is 0 Å². The first-order valence-electron chi connectivity index (χ1n) is 6.94. The first kappa shape index (κ1) is 13.8. The second-order valence-corrected chi connectivity index (χ2v) is 6.01. The zero-order chi connectivity index (χ0) is 14.7. The highest BCUT2D eigenvalue weighted by atomic mass is 32.1. The fraction of sp³-hybridized carbons (Fsp3) is 0.167. The van der Waals surface area contributed by atoms with Crippen LogP contribution in [-0.4, -0.2) is 7.11 Å². The van der Waals surface area contributed by atoms with Crippen LogP contribution < -0.4 is 4.57 Å². The molecule has 1 aromatic heterocycles. The van der Waals surface area contributed by atoms with Crippen molar-refractivity contribution in [2.24, 2.45) is 7.05 Å². The van der Waals surface area contributed by atoms with Crippen molar-refractivity contribution >= 4 is 27.6 Å². The maximum atomic E-state index is 5.56. The molecular weight excluding hydrogens is 278 g/mol. The maximum absolute atomic E-state index is 5.56. The third-order valence-electron chi connectivity index (χ3n) is 3.54. The predicted molar refractivity (Wildman–Crippen MR) is 88.1 cm³/mol. The molecule has 0 fully saturated rings. The molecule has 2 nitrogen and oxygen atoms in total. The second-order valence-electron chi connectivity index (χ2n) is 4.94. The molecule has 3 rings (SSSR count). The molecule has 0 saturated carbocycles. The van der Waals surface area contributed by atoms with Gasteiger partial charge in [-0.25, -0.2) is 0 Å². The van der Waals surface area contributed by atoms with E-state index in [4.69, 9.17) is 4.74 Å². The number of allylic oxidation sites excluding steroid dienone is 1. The molecule has 0 bridgehead atoms. The highest BCUT2D eigenvalue weighted by Gasteiger charge is 2.15. The summed E-state index contributed by atoms with van der Waals surface area (Å²) >= 11 is 1.78. The van der Waals surface area contributed by atoms with E-state index in [0.29, 0.717) is 0 Å². The Hall–Kier alpha value is -2.13. The van der Waals surface area contributed by atoms with Crippen molar-refractivity contribution in [3.63, 3.8) is 0 Å². The van der Waals surface area contributed by atoms with Crippen molar-refractivity contribution in [2.75, 3.05) is 7.11 Å². The van der Waals surface area contributed by atoms with Crippen molar-refractivity contribution in [1.82, 2.24) is 0 Å². The summed E-state index contributed by atoms with van der Waals surface area (Å²) in [5, 5.41) is 1.20. The number of nitrogens with zero attached hydrogens (tertiary/aromatic N) is 1. The summed E-state index contributed by atoms with van der Waals surface area (Å²) in [6, 6.07) is 18.8. The third kappa shape index (κ3) is 2.98. The number of benzene rings is 2. The average molecular weight is 296 g/mol. The van der Waals surface area contributed by atoms with Crippen molar-refractivity contribution in [3.05, 3.63) is 70.9 Å². The Morgan fingerprint density at radius 2 is 1.81 bits per heavy atom. The number of rotatable bonds is 4. The molecule has 3 aromatic rings. The molecule has 0 aliphatic heterocycles. The van der Waals surface area contributed by atoms with Crippen LogP contribution in [0.25, 0.3) is 16.3 Å². The van der Waals surface area contributed by atoms with Crippen LogP contribution in [0.3, 0.4) is 0 Å². The molecule has 1 heterocycles. The Morgan fingerprint density at radius 1 is 1.10 bits per heavy atom. The van der Waals surface area contributed by atoms with E-state index in [2.05, 4.69) is 66.2 Å². The number of aryl methyl sites for hydroxylation is 1. The van der Waals surface area contributed by atoms with Crippen LogP contribution in [0, 0.1) is 0 Å². The maximum Gasteiger partial charge on any atom is 0.265 e. The molecule has 0 aliphatic carbocycles. The van der Waals surface area contributed by atoms with Crippen LogP contribution in [0.4, 0.5) is 0 Å². The topological polar surface area (TPSA) is 13.1 Å². The van der Waals surface area contributed by atoms with Gasteiger partial charge in [0.05, 0.1) is 13.2 Å². The van der Waals surface area contributed by atoms with E-state index in [1.807, 2.05) is 6.07 Å². The summed E-state index contributed by atoms with van der Waals surface area (Å²) in [7, 11) is 3.84. The number of thiazole rings is 1. The molecular formula is C18H18NOS+. The highest BCUT2D eigenvalue weighted by molar-refractivity contribution is 7.18. The van der Waals surface area contributed by atoms with Crippen LogP contribution in [0.1, 0.15) is 10.6 Å². The average Bonchev–Trinajstić information content (AvgIpc) is 2.84. The Kier molecular flexibility index (Phi) is 4.02. The van der Waals surface area contributed by atoms with Gasteiger partial charge in [-0.05, 0) is 11.6 Å². The van der Waals surface area contributed by atoms with E-state index >= 15 is 0 Å². The zero-order valence-corrected chi connectivity index (χ0v) is 13.1. The Balaban J connectivity index is 1.95. The standard InChI is InChI=1S/C18H18NOS/c1-19-16-10-6-7-11-17(16)21-18(19)13-15(20-2)12-14-8-4-3-5-9-14/h3-11,13H,12H2,1-2H3/q+1. The van der Waals surface area contributed by atoms with Crippen molar-refractivity contribution in [1.29, 1.82) is 0 Å². The lowest BCUT2D eigenvalue weighted by molar-refractivity contribution is -0.642. The van der Waals surface area contributed by atoms with E-state index in [0.717, 1.165) is 12.2 Å². The fourth-order valence-electron chi connectivity index (χ4n) is 2.36. The van der Waals surface area contributed by atoms with Gasteiger partial charge in [-0.3, -0.25) is 0 Å². The number of ether oxygens (including phenoxy) is 1. The van der Waals surface area contributed by atoms with Gasteiger partial charge in [-0.1, -0.05) is 53.8 Å². The number of hydrogen-bond acceptors (Lipinski definition) is 2. The number of hydrogen-bond donors (Lipinski definition) is 0. The molecule has 3 heteroatoms. The summed E-state index contributed by atoms with van der Waals surface area (Å²) < 4.78 is 9.07. The Labute approximate surface area is 128 Å². The van der Waals surface area contributed by atoms with Crippen LogP contribution in [-0.2, 0) is 18.2 Å². The number of para-hydroxylation sites is 1. The molecule has 0 N–H and O–H groups in total. The van der Waals surface area contributed by atoms with E-state index in [1.54, 1.807) is 18.4 Å². The fourth-order valence-corrected chi connectivity index (χ4v) is 3.47. The molecule has 0 unspecified atom stereocenters. The largest absolute Gasteiger partial charge is 0.500 e. The zero-order valence-electron chi connectivity index (χ0n) is 12.2. The number of methoxy groups -OCH3 is 1. The first-order valence-corrected chi connectivity index (χ1v) is 7.75. The predicted octanol–water partition coefficient (Wildman–Crippen LogP) is 3.96. The van der Waals surface area contributed by atoms with E-state index < -0.39 is 0 Å². The van der Waals surface area contributed by atoms with Gasteiger partial charge < -0.3 is 4.74 Å². The Morgan fingerprint density at radius 3 is 2.52 bits per heavy atom. The lowest BCUT2D eigenvalue weighted by Gasteiger charge is -2.04. The van der Waals surface area contributed by atoms with Gasteiger partial charge in [-0.15, -0.1) is 0 Å². The highest BCUT2D eigenvalue weighted by Crippen LogP contribution is 2.22. The summed E-state index contributed by atoms with van der Waals surface area (Å²) in [5.74, 6) is 0.975. The van der Waals surface area contributed by atoms with Gasteiger partial charge in [0.1, 0.15) is 17.5 Å². The lowest BCUT2D eigenvalue weighted by Crippen LogP contribution is -2.29. The second kappa shape index (κ2) is 6.10. The van der Waals surface area contributed by atoms with Gasteiger partial charge >= 0.3 is 0 Å². The lowest BCUT2D eigenvalue weighted by atomic mass is 10.1. The normalized spacial score (nSPS) is 11.8. The molecule has 21 heavy (non-hydrogen) atoms. The molecule has 2 aromatic carbocycles. The van der Waals surface area contributed by atoms with E-state index in [-0.39, 0.29) is 0 Å². The summed E-state index contributed by atoms with van der Waals surface area (Å²) in [6.07, 6.45) is 2.95. The minimum Gasteiger partial charge on any atom is -0.500 e. The van der Waals surface area contributed by atoms with Gasteiger partial charge in [0, 0.05) is 12.5 Å². The Bertz CT molecular complexity index is 774. The van der Waals surface area contributed by atoms with Crippen molar-refractivity contribution in [2.45, 2.75) is 6.42 Å². The van der Waals surface area contributed by atoms with E-state index in [9.17, 15) is 0 Å². The summed E-state index contributed by atoms with van der Waals surface area (Å²) in [5.41, 5.74) is 2.51. The van der Waals surface area contributed by atoms with Gasteiger partial charge in [0.15, 0.2) is 0 Å². The monoisotopic (exact) mass is 296 g/mol. The third-order valence-corrected chi connectivity index (χ3v) is 4.71. The van der Waals surface area contributed by atoms with Crippen LogP contribution in [0.2, 0.25) is 0 Å². The minimum atomic E-state index is 0.811. The van der Waals surface area contributed by atoms with Gasteiger partial charge in [0.25, 0.3) is 5.01 Å². The molecule has 0 spiro atoms. The molecule has 0 amide bonds. The SMILES string of the molecule is COC(=Cc1sc2ccccc2[n+]1C)Cc1ccccc1. The quantitative estimate of drug-likeness (QED) is 0.525.